The molecule has 1 aliphatic rings. The molecule has 0 fully saturated rings. The molecule has 1 aliphatic heterocycles. The van der Waals surface area contributed by atoms with Crippen molar-refractivity contribution >= 4 is 11.8 Å². The zero-order valence-electron chi connectivity index (χ0n) is 16.9. The molecule has 154 valence electrons. The summed E-state index contributed by atoms with van der Waals surface area (Å²) in [7, 11) is 0. The standard InChI is InChI=1S/C22H32N2O4/c1-4-6-7-14-23-21(26)22(13-5-2)17(3)28-20(24-22)18-9-11-19(12-10-18)27-16-8-15-25/h5,9-12,17,25H,2,4,6-8,13-16H2,1,3H3,(H,23,26)/t17-,22-/m1/s1. The molecule has 0 spiro atoms. The molecule has 0 aliphatic carbocycles. The largest absolute Gasteiger partial charge is 0.494 e. The summed E-state index contributed by atoms with van der Waals surface area (Å²) < 4.78 is 11.5. The van der Waals surface area contributed by atoms with E-state index < -0.39 is 5.54 Å². The van der Waals surface area contributed by atoms with Gasteiger partial charge in [0.15, 0.2) is 5.54 Å². The Hall–Kier alpha value is -2.34. The van der Waals surface area contributed by atoms with E-state index in [1.54, 1.807) is 6.08 Å². The molecule has 1 aromatic carbocycles. The summed E-state index contributed by atoms with van der Waals surface area (Å²) in [5.41, 5.74) is -0.189. The van der Waals surface area contributed by atoms with Crippen molar-refractivity contribution in [1.82, 2.24) is 5.32 Å². The first-order chi connectivity index (χ1) is 13.6. The number of ether oxygens (including phenoxy) is 2. The number of rotatable bonds is 12. The molecule has 0 saturated carbocycles. The van der Waals surface area contributed by atoms with E-state index in [2.05, 4.69) is 18.8 Å². The summed E-state index contributed by atoms with van der Waals surface area (Å²) >= 11 is 0. The Labute approximate surface area is 167 Å². The first kappa shape index (κ1) is 22.0. The molecule has 0 aromatic heterocycles. The lowest BCUT2D eigenvalue weighted by atomic mass is 9.89. The van der Waals surface area contributed by atoms with Crippen molar-refractivity contribution in [3.05, 3.63) is 42.5 Å². The lowest BCUT2D eigenvalue weighted by molar-refractivity contribution is -0.128. The van der Waals surface area contributed by atoms with Gasteiger partial charge < -0.3 is 19.9 Å². The van der Waals surface area contributed by atoms with Crippen LogP contribution in [0.5, 0.6) is 5.75 Å². The summed E-state index contributed by atoms with van der Waals surface area (Å²) in [6.07, 6.45) is 5.49. The Bertz CT molecular complexity index is 672. The Morgan fingerprint density at radius 1 is 1.36 bits per heavy atom. The fourth-order valence-corrected chi connectivity index (χ4v) is 3.13. The predicted molar refractivity (Wildman–Crippen MR) is 111 cm³/mol. The van der Waals surface area contributed by atoms with Gasteiger partial charge in [-0.25, -0.2) is 4.99 Å². The van der Waals surface area contributed by atoms with E-state index in [-0.39, 0.29) is 18.6 Å². The van der Waals surface area contributed by atoms with E-state index in [1.165, 1.54) is 0 Å². The first-order valence-corrected chi connectivity index (χ1v) is 10.1. The van der Waals surface area contributed by atoms with E-state index in [9.17, 15) is 4.79 Å². The molecule has 6 heteroatoms. The van der Waals surface area contributed by atoms with Crippen molar-refractivity contribution in [2.75, 3.05) is 19.8 Å². The third-order valence-electron chi connectivity index (χ3n) is 4.85. The number of carbonyl (C=O) groups is 1. The molecule has 0 unspecified atom stereocenters. The predicted octanol–water partition coefficient (Wildman–Crippen LogP) is 3.23. The maximum absolute atomic E-state index is 12.9. The highest BCUT2D eigenvalue weighted by Gasteiger charge is 2.49. The second-order valence-corrected chi connectivity index (χ2v) is 7.01. The number of aliphatic hydroxyl groups excluding tert-OH is 1. The quantitative estimate of drug-likeness (QED) is 0.426. The molecule has 28 heavy (non-hydrogen) atoms. The van der Waals surface area contributed by atoms with Crippen molar-refractivity contribution < 1.29 is 19.4 Å². The minimum absolute atomic E-state index is 0.104. The highest BCUT2D eigenvalue weighted by Crippen LogP contribution is 2.32. The molecule has 2 atom stereocenters. The average molecular weight is 389 g/mol. The van der Waals surface area contributed by atoms with Gasteiger partial charge in [0.2, 0.25) is 5.90 Å². The van der Waals surface area contributed by atoms with Crippen molar-refractivity contribution in [2.24, 2.45) is 4.99 Å². The van der Waals surface area contributed by atoms with Crippen LogP contribution in [0.4, 0.5) is 0 Å². The fourth-order valence-electron chi connectivity index (χ4n) is 3.13. The van der Waals surface area contributed by atoms with Gasteiger partial charge in [0, 0.05) is 31.6 Å². The molecule has 2 N–H and O–H groups in total. The molecule has 6 nitrogen and oxygen atoms in total. The smallest absolute Gasteiger partial charge is 0.252 e. The molecule has 1 heterocycles. The minimum atomic E-state index is -0.987. The minimum Gasteiger partial charge on any atom is -0.494 e. The molecule has 2 rings (SSSR count). The number of amides is 1. The number of benzene rings is 1. The molecule has 0 saturated heterocycles. The second kappa shape index (κ2) is 10.9. The molecule has 0 bridgehead atoms. The van der Waals surface area contributed by atoms with Gasteiger partial charge in [-0.15, -0.1) is 6.58 Å². The summed E-state index contributed by atoms with van der Waals surface area (Å²) in [6, 6.07) is 7.40. The lowest BCUT2D eigenvalue weighted by Crippen LogP contribution is -2.50. The number of nitrogens with one attached hydrogen (secondary N) is 1. The molecular formula is C22H32N2O4. The van der Waals surface area contributed by atoms with Crippen LogP contribution in [0.2, 0.25) is 0 Å². The van der Waals surface area contributed by atoms with Crippen LogP contribution in [-0.2, 0) is 9.53 Å². The summed E-state index contributed by atoms with van der Waals surface area (Å²) in [5.74, 6) is 1.06. The van der Waals surface area contributed by atoms with Gasteiger partial charge in [-0.1, -0.05) is 25.8 Å². The number of carbonyl (C=O) groups excluding carboxylic acids is 1. The Kier molecular flexibility index (Phi) is 8.51. The van der Waals surface area contributed by atoms with Gasteiger partial charge in [-0.2, -0.15) is 0 Å². The number of unbranched alkanes of at least 4 members (excludes halogenated alkanes) is 2. The molecule has 1 amide bonds. The van der Waals surface area contributed by atoms with Crippen LogP contribution in [0.1, 0.15) is 51.5 Å². The lowest BCUT2D eigenvalue weighted by Gasteiger charge is -2.26. The molecule has 1 aromatic rings. The van der Waals surface area contributed by atoms with Crippen LogP contribution in [0.3, 0.4) is 0 Å². The normalized spacial score (nSPS) is 21.0. The van der Waals surface area contributed by atoms with Crippen LogP contribution < -0.4 is 10.1 Å². The van der Waals surface area contributed by atoms with Crippen molar-refractivity contribution in [3.63, 3.8) is 0 Å². The van der Waals surface area contributed by atoms with Gasteiger partial charge in [0.05, 0.1) is 6.61 Å². The van der Waals surface area contributed by atoms with Crippen LogP contribution in [-0.4, -0.2) is 48.3 Å². The monoisotopic (exact) mass is 388 g/mol. The number of hydrogen-bond acceptors (Lipinski definition) is 5. The average Bonchev–Trinajstić information content (AvgIpc) is 3.03. The van der Waals surface area contributed by atoms with Crippen molar-refractivity contribution in [2.45, 2.75) is 57.6 Å². The molecule has 0 radical (unpaired) electrons. The van der Waals surface area contributed by atoms with Crippen LogP contribution >= 0.6 is 0 Å². The highest BCUT2D eigenvalue weighted by atomic mass is 16.5. The zero-order valence-corrected chi connectivity index (χ0v) is 16.9. The summed E-state index contributed by atoms with van der Waals surface area (Å²) in [5, 5.41) is 11.8. The van der Waals surface area contributed by atoms with E-state index in [0.29, 0.717) is 31.9 Å². The third-order valence-corrected chi connectivity index (χ3v) is 4.85. The van der Waals surface area contributed by atoms with Crippen molar-refractivity contribution in [3.8, 4) is 5.75 Å². The van der Waals surface area contributed by atoms with Gasteiger partial charge in [-0.3, -0.25) is 4.79 Å². The number of aliphatic imine (C=N–C) groups is 1. The highest BCUT2D eigenvalue weighted by molar-refractivity contribution is 6.00. The van der Waals surface area contributed by atoms with Gasteiger partial charge in [-0.05, 0) is 37.6 Å². The summed E-state index contributed by atoms with van der Waals surface area (Å²) in [6.45, 7) is 9.02. The Morgan fingerprint density at radius 3 is 2.75 bits per heavy atom. The maximum Gasteiger partial charge on any atom is 0.252 e. The number of aliphatic hydroxyl groups is 1. The number of nitrogens with zero attached hydrogens (tertiary/aromatic N) is 1. The van der Waals surface area contributed by atoms with E-state index in [0.717, 1.165) is 30.6 Å². The van der Waals surface area contributed by atoms with Crippen molar-refractivity contribution in [1.29, 1.82) is 0 Å². The second-order valence-electron chi connectivity index (χ2n) is 7.01. The van der Waals surface area contributed by atoms with Gasteiger partial charge in [0.25, 0.3) is 5.91 Å². The third kappa shape index (κ3) is 5.35. The Balaban J connectivity index is 2.13. The number of hydrogen-bond donors (Lipinski definition) is 2. The van der Waals surface area contributed by atoms with E-state index in [4.69, 9.17) is 19.6 Å². The fraction of sp³-hybridized carbons (Fsp3) is 0.545. The molecular weight excluding hydrogens is 356 g/mol. The topological polar surface area (TPSA) is 80.2 Å². The van der Waals surface area contributed by atoms with Crippen LogP contribution in [0, 0.1) is 0 Å². The SMILES string of the molecule is C=CC[C@@]1(C(=O)NCCCCC)N=C(c2ccc(OCCCO)cc2)O[C@@H]1C. The first-order valence-electron chi connectivity index (χ1n) is 10.1. The van der Waals surface area contributed by atoms with Crippen LogP contribution in [0.25, 0.3) is 0 Å². The van der Waals surface area contributed by atoms with Crippen LogP contribution in [0.15, 0.2) is 41.9 Å². The van der Waals surface area contributed by atoms with E-state index in [1.807, 2.05) is 31.2 Å². The Morgan fingerprint density at radius 2 is 2.11 bits per heavy atom. The van der Waals surface area contributed by atoms with Gasteiger partial charge >= 0.3 is 0 Å². The van der Waals surface area contributed by atoms with E-state index >= 15 is 0 Å². The van der Waals surface area contributed by atoms with Gasteiger partial charge in [0.1, 0.15) is 11.9 Å². The maximum atomic E-state index is 12.9. The zero-order chi connectivity index (χ0) is 20.4. The summed E-state index contributed by atoms with van der Waals surface area (Å²) in [4.78, 5) is 17.6.